The topological polar surface area (TPSA) is 67.8 Å². The first kappa shape index (κ1) is 10.5. The molecule has 2 aromatic heterocycles. The van der Waals surface area contributed by atoms with E-state index in [2.05, 4.69) is 20.3 Å². The van der Waals surface area contributed by atoms with Crippen molar-refractivity contribution in [3.63, 3.8) is 0 Å². The first-order chi connectivity index (χ1) is 7.81. The second-order valence-corrected chi connectivity index (χ2v) is 3.38. The Morgan fingerprint density at radius 3 is 2.94 bits per heavy atom. The Hall–Kier alpha value is -2.04. The third-order valence-corrected chi connectivity index (χ3v) is 2.12. The summed E-state index contributed by atoms with van der Waals surface area (Å²) in [4.78, 5) is 23.9. The molecule has 1 amide bonds. The number of carbonyl (C=O) groups excluding carboxylic acids is 1. The summed E-state index contributed by atoms with van der Waals surface area (Å²) in [7, 11) is 0. The largest absolute Gasteiger partial charge is 0.352 e. The fourth-order valence-corrected chi connectivity index (χ4v) is 1.32. The van der Waals surface area contributed by atoms with Crippen LogP contribution in [0.5, 0.6) is 0 Å². The Labute approximate surface area is 92.9 Å². The van der Waals surface area contributed by atoms with E-state index in [9.17, 15) is 4.79 Å². The van der Waals surface area contributed by atoms with Crippen molar-refractivity contribution in [3.8, 4) is 0 Å². The molecular weight excluding hydrogens is 204 g/mol. The van der Waals surface area contributed by atoms with Crippen LogP contribution in [0, 0.1) is 0 Å². The minimum atomic E-state index is -0.123. The van der Waals surface area contributed by atoms with Gasteiger partial charge in [0.1, 0.15) is 5.52 Å². The van der Waals surface area contributed by atoms with Gasteiger partial charge >= 0.3 is 0 Å². The number of aromatic nitrogens is 3. The molecule has 2 rings (SSSR count). The highest BCUT2D eigenvalue weighted by Crippen LogP contribution is 2.07. The van der Waals surface area contributed by atoms with Crippen LogP contribution in [0.4, 0.5) is 0 Å². The van der Waals surface area contributed by atoms with Crippen LogP contribution >= 0.6 is 0 Å². The summed E-state index contributed by atoms with van der Waals surface area (Å²) in [5.41, 5.74) is 1.70. The smallest absolute Gasteiger partial charge is 0.252 e. The van der Waals surface area contributed by atoms with Gasteiger partial charge < -0.3 is 5.32 Å². The number of rotatable bonds is 3. The highest BCUT2D eigenvalue weighted by molar-refractivity contribution is 5.96. The van der Waals surface area contributed by atoms with E-state index in [1.807, 2.05) is 6.92 Å². The lowest BCUT2D eigenvalue weighted by molar-refractivity contribution is 0.0953. The average molecular weight is 216 g/mol. The van der Waals surface area contributed by atoms with Crippen LogP contribution in [0.15, 0.2) is 24.7 Å². The average Bonchev–Trinajstić information content (AvgIpc) is 2.35. The van der Waals surface area contributed by atoms with Crippen molar-refractivity contribution in [3.05, 3.63) is 30.2 Å². The van der Waals surface area contributed by atoms with Gasteiger partial charge in [-0.3, -0.25) is 9.78 Å². The maximum atomic E-state index is 11.6. The van der Waals surface area contributed by atoms with Gasteiger partial charge in [-0.1, -0.05) is 6.92 Å². The molecule has 0 unspecified atom stereocenters. The van der Waals surface area contributed by atoms with Crippen molar-refractivity contribution in [2.24, 2.45) is 0 Å². The van der Waals surface area contributed by atoms with E-state index in [0.29, 0.717) is 23.3 Å². The number of hydrogen-bond donors (Lipinski definition) is 1. The lowest BCUT2D eigenvalue weighted by Gasteiger charge is -2.03. The maximum Gasteiger partial charge on any atom is 0.252 e. The number of carbonyl (C=O) groups is 1. The lowest BCUT2D eigenvalue weighted by atomic mass is 10.2. The molecule has 0 fully saturated rings. The fraction of sp³-hybridized carbons (Fsp3) is 0.273. The molecule has 0 bridgehead atoms. The quantitative estimate of drug-likeness (QED) is 0.836. The molecule has 0 saturated heterocycles. The molecule has 5 heteroatoms. The first-order valence-electron chi connectivity index (χ1n) is 5.16. The Morgan fingerprint density at radius 2 is 2.12 bits per heavy atom. The van der Waals surface area contributed by atoms with Gasteiger partial charge in [-0.15, -0.1) is 0 Å². The molecule has 0 atom stereocenters. The van der Waals surface area contributed by atoms with Crippen molar-refractivity contribution < 1.29 is 4.79 Å². The van der Waals surface area contributed by atoms with E-state index < -0.39 is 0 Å². The number of fused-ring (bicyclic) bond motifs is 1. The van der Waals surface area contributed by atoms with Gasteiger partial charge in [0, 0.05) is 25.1 Å². The first-order valence-corrected chi connectivity index (χ1v) is 5.16. The van der Waals surface area contributed by atoms with Gasteiger partial charge in [0.15, 0.2) is 5.65 Å². The monoisotopic (exact) mass is 216 g/mol. The molecule has 0 saturated carbocycles. The van der Waals surface area contributed by atoms with Gasteiger partial charge in [-0.05, 0) is 12.5 Å². The Bertz CT molecular complexity index is 512. The molecule has 5 nitrogen and oxygen atoms in total. The zero-order chi connectivity index (χ0) is 11.4. The number of hydrogen-bond acceptors (Lipinski definition) is 4. The van der Waals surface area contributed by atoms with Crippen LogP contribution in [0.2, 0.25) is 0 Å². The zero-order valence-corrected chi connectivity index (χ0v) is 8.97. The van der Waals surface area contributed by atoms with Crippen LogP contribution in [0.3, 0.4) is 0 Å². The lowest BCUT2D eigenvalue weighted by Crippen LogP contribution is -2.24. The molecule has 0 aliphatic rings. The molecule has 2 aromatic rings. The fourth-order valence-electron chi connectivity index (χ4n) is 1.32. The summed E-state index contributed by atoms with van der Waals surface area (Å²) < 4.78 is 0. The Balaban J connectivity index is 2.28. The van der Waals surface area contributed by atoms with Gasteiger partial charge in [0.25, 0.3) is 5.91 Å². The van der Waals surface area contributed by atoms with Gasteiger partial charge in [0.05, 0.1) is 5.56 Å². The molecular formula is C11H12N4O. The highest BCUT2D eigenvalue weighted by atomic mass is 16.1. The molecule has 2 heterocycles. The van der Waals surface area contributed by atoms with E-state index in [4.69, 9.17) is 0 Å². The molecule has 0 aliphatic heterocycles. The number of nitrogens with one attached hydrogen (secondary N) is 1. The van der Waals surface area contributed by atoms with E-state index in [1.54, 1.807) is 18.5 Å². The summed E-state index contributed by atoms with van der Waals surface area (Å²) >= 11 is 0. The van der Waals surface area contributed by atoms with Crippen LogP contribution in [-0.4, -0.2) is 27.4 Å². The number of amides is 1. The molecule has 0 aliphatic carbocycles. The summed E-state index contributed by atoms with van der Waals surface area (Å²) in [5, 5.41) is 2.79. The maximum absolute atomic E-state index is 11.6. The van der Waals surface area contributed by atoms with Crippen LogP contribution in [-0.2, 0) is 0 Å². The van der Waals surface area contributed by atoms with Crippen LogP contribution < -0.4 is 5.32 Å². The normalized spacial score (nSPS) is 10.3. The minimum Gasteiger partial charge on any atom is -0.352 e. The van der Waals surface area contributed by atoms with E-state index in [1.165, 1.54) is 6.20 Å². The summed E-state index contributed by atoms with van der Waals surface area (Å²) in [6, 6.07) is 1.69. The standard InChI is InChI=1S/C11H12N4O/c1-2-3-14-11(16)8-6-9-10(15-7-8)13-5-4-12-9/h4-7H,2-3H2,1H3,(H,14,16). The van der Waals surface area contributed by atoms with Crippen molar-refractivity contribution in [2.45, 2.75) is 13.3 Å². The summed E-state index contributed by atoms with van der Waals surface area (Å²) in [5.74, 6) is -0.123. The molecule has 0 spiro atoms. The van der Waals surface area contributed by atoms with Crippen molar-refractivity contribution in [2.75, 3.05) is 6.54 Å². The highest BCUT2D eigenvalue weighted by Gasteiger charge is 2.06. The van der Waals surface area contributed by atoms with Crippen molar-refractivity contribution in [1.82, 2.24) is 20.3 Å². The summed E-state index contributed by atoms with van der Waals surface area (Å²) in [6.07, 6.45) is 5.58. The van der Waals surface area contributed by atoms with Gasteiger partial charge in [-0.2, -0.15) is 0 Å². The Kier molecular flexibility index (Phi) is 3.05. The molecule has 0 radical (unpaired) electrons. The minimum absolute atomic E-state index is 0.123. The molecule has 82 valence electrons. The second kappa shape index (κ2) is 4.65. The predicted molar refractivity (Wildman–Crippen MR) is 60.0 cm³/mol. The Morgan fingerprint density at radius 1 is 1.31 bits per heavy atom. The van der Waals surface area contributed by atoms with E-state index in [0.717, 1.165) is 6.42 Å². The summed E-state index contributed by atoms with van der Waals surface area (Å²) in [6.45, 7) is 2.67. The third-order valence-electron chi connectivity index (χ3n) is 2.12. The third kappa shape index (κ3) is 2.13. The molecule has 1 N–H and O–H groups in total. The molecule has 16 heavy (non-hydrogen) atoms. The SMILES string of the molecule is CCCNC(=O)c1cnc2nccnc2c1. The number of pyridine rings is 1. The number of nitrogens with zero attached hydrogens (tertiary/aromatic N) is 3. The predicted octanol–water partition coefficient (Wildman–Crippen LogP) is 1.16. The van der Waals surface area contributed by atoms with E-state index >= 15 is 0 Å². The van der Waals surface area contributed by atoms with Gasteiger partial charge in [-0.25, -0.2) is 9.97 Å². The van der Waals surface area contributed by atoms with Gasteiger partial charge in [0.2, 0.25) is 0 Å². The van der Waals surface area contributed by atoms with Crippen molar-refractivity contribution >= 4 is 17.1 Å². The molecule has 0 aromatic carbocycles. The van der Waals surface area contributed by atoms with Crippen molar-refractivity contribution in [1.29, 1.82) is 0 Å². The van der Waals surface area contributed by atoms with Crippen LogP contribution in [0.25, 0.3) is 11.2 Å². The van der Waals surface area contributed by atoms with Crippen LogP contribution in [0.1, 0.15) is 23.7 Å². The zero-order valence-electron chi connectivity index (χ0n) is 8.97. The second-order valence-electron chi connectivity index (χ2n) is 3.38. The van der Waals surface area contributed by atoms with E-state index in [-0.39, 0.29) is 5.91 Å².